The van der Waals surface area contributed by atoms with Gasteiger partial charge < -0.3 is 20.7 Å². The van der Waals surface area contributed by atoms with Crippen molar-refractivity contribution in [1.82, 2.24) is 10.2 Å². The topological polar surface area (TPSA) is 67.6 Å². The summed E-state index contributed by atoms with van der Waals surface area (Å²) in [7, 11) is 0. The van der Waals surface area contributed by atoms with E-state index in [0.717, 1.165) is 38.9 Å². The van der Waals surface area contributed by atoms with E-state index in [0.29, 0.717) is 18.5 Å². The van der Waals surface area contributed by atoms with Crippen molar-refractivity contribution in [3.05, 3.63) is 0 Å². The number of ether oxygens (including phenoxy) is 1. The zero-order valence-corrected chi connectivity index (χ0v) is 13.4. The van der Waals surface area contributed by atoms with Crippen LogP contribution in [-0.2, 0) is 4.74 Å². The molecular formula is C15H31N3O2. The van der Waals surface area contributed by atoms with Gasteiger partial charge in [-0.25, -0.2) is 4.79 Å². The van der Waals surface area contributed by atoms with Gasteiger partial charge >= 0.3 is 6.09 Å². The number of nitrogens with zero attached hydrogens (tertiary/aromatic N) is 1. The third-order valence-electron chi connectivity index (χ3n) is 3.66. The van der Waals surface area contributed by atoms with E-state index in [4.69, 9.17) is 10.5 Å². The molecule has 1 rings (SSSR count). The number of amides is 1. The maximum atomic E-state index is 12.1. The smallest absolute Gasteiger partial charge is 0.410 e. The second kappa shape index (κ2) is 7.84. The van der Waals surface area contributed by atoms with Gasteiger partial charge in [0.1, 0.15) is 5.60 Å². The van der Waals surface area contributed by atoms with Crippen molar-refractivity contribution in [3.8, 4) is 0 Å². The highest BCUT2D eigenvalue weighted by Crippen LogP contribution is 2.21. The highest BCUT2D eigenvalue weighted by atomic mass is 16.6. The van der Waals surface area contributed by atoms with Gasteiger partial charge in [0.25, 0.3) is 0 Å². The summed E-state index contributed by atoms with van der Waals surface area (Å²) in [5.74, 6) is 0.494. The predicted molar refractivity (Wildman–Crippen MR) is 81.7 cm³/mol. The Morgan fingerprint density at radius 2 is 2.20 bits per heavy atom. The minimum atomic E-state index is -0.422. The molecule has 1 fully saturated rings. The van der Waals surface area contributed by atoms with Crippen LogP contribution in [0.25, 0.3) is 0 Å². The molecule has 1 heterocycles. The molecule has 0 bridgehead atoms. The van der Waals surface area contributed by atoms with Gasteiger partial charge in [-0.2, -0.15) is 0 Å². The standard InChI is InChI=1S/C15H31N3O2/c1-12(17-9-6-8-16)13-7-5-10-18(11-13)14(19)20-15(2,3)4/h12-13,17H,5-11,16H2,1-4H3. The van der Waals surface area contributed by atoms with Gasteiger partial charge in [0.15, 0.2) is 0 Å². The maximum absolute atomic E-state index is 12.1. The van der Waals surface area contributed by atoms with Crippen molar-refractivity contribution >= 4 is 6.09 Å². The average Bonchev–Trinajstić information content (AvgIpc) is 2.37. The molecule has 0 radical (unpaired) electrons. The number of rotatable bonds is 5. The summed E-state index contributed by atoms with van der Waals surface area (Å²) in [5, 5.41) is 3.50. The molecule has 3 N–H and O–H groups in total. The van der Waals surface area contributed by atoms with Crippen LogP contribution in [0, 0.1) is 5.92 Å². The van der Waals surface area contributed by atoms with Gasteiger partial charge in [0.2, 0.25) is 0 Å². The van der Waals surface area contributed by atoms with E-state index in [-0.39, 0.29) is 6.09 Å². The van der Waals surface area contributed by atoms with E-state index in [9.17, 15) is 4.79 Å². The van der Waals surface area contributed by atoms with Crippen LogP contribution >= 0.6 is 0 Å². The predicted octanol–water partition coefficient (Wildman–Crippen LogP) is 1.96. The van der Waals surface area contributed by atoms with E-state index in [1.54, 1.807) is 0 Å². The van der Waals surface area contributed by atoms with Gasteiger partial charge in [0, 0.05) is 19.1 Å². The molecule has 0 aliphatic carbocycles. The molecule has 2 atom stereocenters. The Kier molecular flexibility index (Phi) is 6.76. The van der Waals surface area contributed by atoms with Gasteiger partial charge in [-0.05, 0) is 66.0 Å². The van der Waals surface area contributed by atoms with Crippen molar-refractivity contribution in [3.63, 3.8) is 0 Å². The van der Waals surface area contributed by atoms with Crippen molar-refractivity contribution in [1.29, 1.82) is 0 Å². The summed E-state index contributed by atoms with van der Waals surface area (Å²) >= 11 is 0. The second-order valence-electron chi connectivity index (χ2n) is 6.71. The highest BCUT2D eigenvalue weighted by molar-refractivity contribution is 5.68. The second-order valence-corrected chi connectivity index (χ2v) is 6.71. The van der Waals surface area contributed by atoms with E-state index >= 15 is 0 Å². The summed E-state index contributed by atoms with van der Waals surface area (Å²) in [6.07, 6.45) is 3.02. The first-order valence-electron chi connectivity index (χ1n) is 7.75. The SMILES string of the molecule is CC(NCCCN)C1CCCN(C(=O)OC(C)(C)C)C1. The molecule has 0 spiro atoms. The quantitative estimate of drug-likeness (QED) is 0.758. The molecule has 1 amide bonds. The summed E-state index contributed by atoms with van der Waals surface area (Å²) in [4.78, 5) is 14.0. The molecule has 0 aromatic rings. The number of hydrogen-bond acceptors (Lipinski definition) is 4. The maximum Gasteiger partial charge on any atom is 0.410 e. The number of likely N-dealkylation sites (tertiary alicyclic amines) is 1. The highest BCUT2D eigenvalue weighted by Gasteiger charge is 2.29. The van der Waals surface area contributed by atoms with Gasteiger partial charge in [0.05, 0.1) is 0 Å². The Bertz CT molecular complexity index is 302. The summed E-state index contributed by atoms with van der Waals surface area (Å²) in [5.41, 5.74) is 5.08. The molecule has 1 saturated heterocycles. The van der Waals surface area contributed by atoms with E-state index in [2.05, 4.69) is 12.2 Å². The molecule has 118 valence electrons. The third kappa shape index (κ3) is 6.09. The largest absolute Gasteiger partial charge is 0.444 e. The normalized spacial score (nSPS) is 21.6. The first-order chi connectivity index (χ1) is 9.33. The summed E-state index contributed by atoms with van der Waals surface area (Å²) in [6, 6.07) is 0.409. The van der Waals surface area contributed by atoms with Crippen LogP contribution in [0.1, 0.15) is 47.0 Å². The Hall–Kier alpha value is -0.810. The number of nitrogens with two attached hydrogens (primary N) is 1. The minimum Gasteiger partial charge on any atom is -0.444 e. The summed E-state index contributed by atoms with van der Waals surface area (Å²) < 4.78 is 5.45. The third-order valence-corrected chi connectivity index (χ3v) is 3.66. The zero-order chi connectivity index (χ0) is 15.2. The van der Waals surface area contributed by atoms with Crippen LogP contribution in [0.4, 0.5) is 4.79 Å². The number of piperidine rings is 1. The monoisotopic (exact) mass is 285 g/mol. The lowest BCUT2D eigenvalue weighted by atomic mass is 9.91. The molecule has 2 unspecified atom stereocenters. The fourth-order valence-corrected chi connectivity index (χ4v) is 2.51. The molecule has 20 heavy (non-hydrogen) atoms. The van der Waals surface area contributed by atoms with Gasteiger partial charge in [-0.3, -0.25) is 0 Å². The van der Waals surface area contributed by atoms with Gasteiger partial charge in [-0.1, -0.05) is 0 Å². The van der Waals surface area contributed by atoms with Crippen LogP contribution in [0.3, 0.4) is 0 Å². The molecule has 0 aromatic carbocycles. The minimum absolute atomic E-state index is 0.184. The van der Waals surface area contributed by atoms with E-state index in [1.807, 2.05) is 25.7 Å². The molecule has 5 nitrogen and oxygen atoms in total. The van der Waals surface area contributed by atoms with Crippen molar-refractivity contribution < 1.29 is 9.53 Å². The van der Waals surface area contributed by atoms with Crippen molar-refractivity contribution in [2.75, 3.05) is 26.2 Å². The Labute approximate surface area is 123 Å². The average molecular weight is 285 g/mol. The van der Waals surface area contributed by atoms with Crippen molar-refractivity contribution in [2.24, 2.45) is 11.7 Å². The van der Waals surface area contributed by atoms with Crippen LogP contribution in [0.5, 0.6) is 0 Å². The first kappa shape index (κ1) is 17.2. The number of carbonyl (C=O) groups is 1. The number of carbonyl (C=O) groups excluding carboxylic acids is 1. The zero-order valence-electron chi connectivity index (χ0n) is 13.4. The molecule has 1 aliphatic rings. The van der Waals surface area contributed by atoms with E-state index < -0.39 is 5.60 Å². The molecular weight excluding hydrogens is 254 g/mol. The lowest BCUT2D eigenvalue weighted by Gasteiger charge is -2.36. The van der Waals surface area contributed by atoms with Crippen LogP contribution in [0.15, 0.2) is 0 Å². The molecule has 5 heteroatoms. The Morgan fingerprint density at radius 3 is 2.80 bits per heavy atom. The Morgan fingerprint density at radius 1 is 1.50 bits per heavy atom. The van der Waals surface area contributed by atoms with Crippen molar-refractivity contribution in [2.45, 2.75) is 58.6 Å². The molecule has 0 aromatic heterocycles. The first-order valence-corrected chi connectivity index (χ1v) is 7.75. The number of hydrogen-bond donors (Lipinski definition) is 2. The van der Waals surface area contributed by atoms with Crippen LogP contribution < -0.4 is 11.1 Å². The van der Waals surface area contributed by atoms with Crippen LogP contribution in [0.2, 0.25) is 0 Å². The lowest BCUT2D eigenvalue weighted by Crippen LogP contribution is -2.48. The van der Waals surface area contributed by atoms with Gasteiger partial charge in [-0.15, -0.1) is 0 Å². The fourth-order valence-electron chi connectivity index (χ4n) is 2.51. The summed E-state index contributed by atoms with van der Waals surface area (Å²) in [6.45, 7) is 11.2. The fraction of sp³-hybridized carbons (Fsp3) is 0.933. The molecule has 0 saturated carbocycles. The number of nitrogens with one attached hydrogen (secondary N) is 1. The lowest BCUT2D eigenvalue weighted by molar-refractivity contribution is 0.0148. The van der Waals surface area contributed by atoms with Crippen LogP contribution in [-0.4, -0.2) is 48.8 Å². The molecule has 1 aliphatic heterocycles. The Balaban J connectivity index is 2.43. The van der Waals surface area contributed by atoms with E-state index in [1.165, 1.54) is 0 Å².